The van der Waals surface area contributed by atoms with Crippen molar-refractivity contribution in [3.8, 4) is 0 Å². The highest BCUT2D eigenvalue weighted by atomic mass is 35.5. The van der Waals surface area contributed by atoms with Gasteiger partial charge in [0.2, 0.25) is 10.0 Å². The summed E-state index contributed by atoms with van der Waals surface area (Å²) in [6.07, 6.45) is 3.12. The molecule has 0 aromatic heterocycles. The first-order valence-electron chi connectivity index (χ1n) is 4.73. The molecule has 15 heavy (non-hydrogen) atoms. The molecule has 5 heteroatoms. The van der Waals surface area contributed by atoms with Crippen molar-refractivity contribution in [1.82, 2.24) is 4.31 Å². The first kappa shape index (κ1) is 14.7. The molecule has 0 fully saturated rings. The van der Waals surface area contributed by atoms with E-state index >= 15 is 0 Å². The Kier molecular flexibility index (Phi) is 6.89. The third-order valence-electron chi connectivity index (χ3n) is 1.82. The second-order valence-electron chi connectivity index (χ2n) is 3.43. The van der Waals surface area contributed by atoms with Gasteiger partial charge in [-0.15, -0.1) is 24.8 Å². The van der Waals surface area contributed by atoms with Gasteiger partial charge in [-0.3, -0.25) is 0 Å². The first-order chi connectivity index (χ1) is 6.97. The van der Waals surface area contributed by atoms with Crippen molar-refractivity contribution in [3.63, 3.8) is 0 Å². The van der Waals surface area contributed by atoms with Crippen LogP contribution in [0.3, 0.4) is 0 Å². The molecule has 0 N–H and O–H groups in total. The fraction of sp³-hybridized carbons (Fsp3) is 0.600. The summed E-state index contributed by atoms with van der Waals surface area (Å²) in [6, 6.07) is 0. The number of hydrogen-bond acceptors (Lipinski definition) is 2. The molecule has 0 aliphatic carbocycles. The molecular weight excluding hydrogens is 234 g/mol. The Morgan fingerprint density at radius 2 is 1.80 bits per heavy atom. The fourth-order valence-corrected chi connectivity index (χ4v) is 3.05. The molecule has 1 atom stereocenters. The summed E-state index contributed by atoms with van der Waals surface area (Å²) in [6.45, 7) is 9.49. The van der Waals surface area contributed by atoms with Crippen LogP contribution in [-0.4, -0.2) is 37.4 Å². The Morgan fingerprint density at radius 1 is 1.33 bits per heavy atom. The molecule has 0 aromatic rings. The van der Waals surface area contributed by atoms with Crippen LogP contribution in [0.25, 0.3) is 0 Å². The lowest BCUT2D eigenvalue weighted by Crippen LogP contribution is -2.35. The van der Waals surface area contributed by atoms with Gasteiger partial charge in [0.15, 0.2) is 0 Å². The van der Waals surface area contributed by atoms with Crippen LogP contribution < -0.4 is 0 Å². The van der Waals surface area contributed by atoms with Crippen molar-refractivity contribution in [2.24, 2.45) is 5.92 Å². The van der Waals surface area contributed by atoms with E-state index in [1.54, 1.807) is 12.2 Å². The predicted molar refractivity (Wildman–Crippen MR) is 65.6 cm³/mol. The highest BCUT2D eigenvalue weighted by Crippen LogP contribution is 2.09. The smallest absolute Gasteiger partial charge is 0.212 e. The van der Waals surface area contributed by atoms with E-state index in [0.717, 1.165) is 0 Å². The van der Waals surface area contributed by atoms with Gasteiger partial charge in [-0.2, -0.15) is 4.31 Å². The van der Waals surface area contributed by atoms with Gasteiger partial charge in [-0.1, -0.05) is 19.1 Å². The molecule has 0 bridgehead atoms. The van der Waals surface area contributed by atoms with Crippen molar-refractivity contribution in [3.05, 3.63) is 25.3 Å². The quantitative estimate of drug-likeness (QED) is 0.488. The van der Waals surface area contributed by atoms with E-state index in [1.807, 2.05) is 6.92 Å². The zero-order valence-corrected chi connectivity index (χ0v) is 10.6. The normalized spacial score (nSPS) is 13.8. The van der Waals surface area contributed by atoms with Gasteiger partial charge in [0.1, 0.15) is 0 Å². The van der Waals surface area contributed by atoms with Crippen LogP contribution in [0.1, 0.15) is 6.92 Å². The van der Waals surface area contributed by atoms with E-state index in [9.17, 15) is 8.42 Å². The largest absolute Gasteiger partial charge is 0.214 e. The third-order valence-corrected chi connectivity index (χ3v) is 4.42. The molecule has 0 aliphatic heterocycles. The standard InChI is InChI=1S/C10H18ClNO2S/c1-4-6-12(7-5-2)15(13,14)9-10(3)8-11/h4-5,10H,1-2,6-9H2,3H3. The van der Waals surface area contributed by atoms with Crippen molar-refractivity contribution in [2.75, 3.05) is 24.7 Å². The molecule has 88 valence electrons. The average Bonchev–Trinajstić information content (AvgIpc) is 2.16. The summed E-state index contributed by atoms with van der Waals surface area (Å²) in [5, 5.41) is 0. The summed E-state index contributed by atoms with van der Waals surface area (Å²) in [7, 11) is -3.25. The van der Waals surface area contributed by atoms with Crippen LogP contribution in [0, 0.1) is 5.92 Å². The number of alkyl halides is 1. The molecule has 1 unspecified atom stereocenters. The van der Waals surface area contributed by atoms with E-state index in [4.69, 9.17) is 11.6 Å². The number of sulfonamides is 1. The predicted octanol–water partition coefficient (Wildman–Crippen LogP) is 1.87. The number of hydrogen-bond donors (Lipinski definition) is 0. The van der Waals surface area contributed by atoms with E-state index < -0.39 is 10.0 Å². The van der Waals surface area contributed by atoms with Gasteiger partial charge in [-0.05, 0) is 5.92 Å². The summed E-state index contributed by atoms with van der Waals surface area (Å²) in [4.78, 5) is 0. The molecular formula is C10H18ClNO2S. The first-order valence-corrected chi connectivity index (χ1v) is 6.87. The molecule has 0 radical (unpaired) electrons. The van der Waals surface area contributed by atoms with Gasteiger partial charge in [0.05, 0.1) is 5.75 Å². The van der Waals surface area contributed by atoms with Crippen molar-refractivity contribution >= 4 is 21.6 Å². The van der Waals surface area contributed by atoms with Crippen molar-refractivity contribution in [2.45, 2.75) is 6.92 Å². The lowest BCUT2D eigenvalue weighted by atomic mass is 10.3. The highest BCUT2D eigenvalue weighted by Gasteiger charge is 2.21. The van der Waals surface area contributed by atoms with Gasteiger partial charge < -0.3 is 0 Å². The number of halogens is 1. The zero-order valence-electron chi connectivity index (χ0n) is 9.02. The topological polar surface area (TPSA) is 37.4 Å². The molecule has 3 nitrogen and oxygen atoms in total. The second-order valence-corrected chi connectivity index (χ2v) is 5.75. The lowest BCUT2D eigenvalue weighted by Gasteiger charge is -2.20. The van der Waals surface area contributed by atoms with E-state index in [1.165, 1.54) is 4.31 Å². The van der Waals surface area contributed by atoms with Gasteiger partial charge in [0, 0.05) is 19.0 Å². The summed E-state index contributed by atoms with van der Waals surface area (Å²) in [5.41, 5.74) is 0. The van der Waals surface area contributed by atoms with Crippen LogP contribution >= 0.6 is 11.6 Å². The Morgan fingerprint density at radius 3 is 2.13 bits per heavy atom. The summed E-state index contributed by atoms with van der Waals surface area (Å²) in [5.74, 6) is 0.363. The van der Waals surface area contributed by atoms with Crippen LogP contribution in [0.4, 0.5) is 0 Å². The second kappa shape index (κ2) is 7.04. The molecule has 0 saturated heterocycles. The SMILES string of the molecule is C=CCN(CC=C)S(=O)(=O)CC(C)CCl. The zero-order chi connectivity index (χ0) is 11.9. The molecule has 0 aliphatic rings. The molecule has 0 saturated carbocycles. The van der Waals surface area contributed by atoms with E-state index in [2.05, 4.69) is 13.2 Å². The van der Waals surface area contributed by atoms with Gasteiger partial charge in [0.25, 0.3) is 0 Å². The van der Waals surface area contributed by atoms with Crippen LogP contribution in [-0.2, 0) is 10.0 Å². The third kappa shape index (κ3) is 5.35. The fourth-order valence-electron chi connectivity index (χ4n) is 1.10. The molecule has 0 aromatic carbocycles. The lowest BCUT2D eigenvalue weighted by molar-refractivity contribution is 0.467. The molecule has 0 heterocycles. The Balaban J connectivity index is 4.62. The van der Waals surface area contributed by atoms with Crippen molar-refractivity contribution in [1.29, 1.82) is 0 Å². The number of nitrogens with zero attached hydrogens (tertiary/aromatic N) is 1. The molecule has 0 spiro atoms. The Labute approximate surface area is 97.5 Å². The van der Waals surface area contributed by atoms with E-state index in [0.29, 0.717) is 19.0 Å². The summed E-state index contributed by atoms with van der Waals surface area (Å²) < 4.78 is 25.0. The number of rotatable bonds is 8. The van der Waals surface area contributed by atoms with Crippen molar-refractivity contribution < 1.29 is 8.42 Å². The van der Waals surface area contributed by atoms with Gasteiger partial charge >= 0.3 is 0 Å². The maximum Gasteiger partial charge on any atom is 0.214 e. The maximum atomic E-state index is 11.9. The van der Waals surface area contributed by atoms with Crippen LogP contribution in [0.15, 0.2) is 25.3 Å². The summed E-state index contributed by atoms with van der Waals surface area (Å²) >= 11 is 5.59. The minimum atomic E-state index is -3.25. The van der Waals surface area contributed by atoms with Crippen LogP contribution in [0.5, 0.6) is 0 Å². The molecule has 0 amide bonds. The minimum absolute atomic E-state index is 0.0474. The average molecular weight is 252 g/mol. The molecule has 0 rings (SSSR count). The Bertz CT molecular complexity index is 291. The van der Waals surface area contributed by atoms with Gasteiger partial charge in [-0.25, -0.2) is 8.42 Å². The van der Waals surface area contributed by atoms with E-state index in [-0.39, 0.29) is 11.7 Å². The van der Waals surface area contributed by atoms with Crippen LogP contribution in [0.2, 0.25) is 0 Å². The minimum Gasteiger partial charge on any atom is -0.212 e. The Hall–Kier alpha value is -0.320. The highest BCUT2D eigenvalue weighted by molar-refractivity contribution is 7.89. The monoisotopic (exact) mass is 251 g/mol. The maximum absolute atomic E-state index is 11.9.